The maximum atomic E-state index is 7.81. The number of rotatable bonds is 14. The zero-order valence-corrected chi connectivity index (χ0v) is 51.9. The summed E-state index contributed by atoms with van der Waals surface area (Å²) in [6, 6.07) is 132. The minimum absolute atomic E-state index is 0.797. The molecule has 0 amide bonds. The molecule has 1 heterocycles. The van der Waals surface area contributed by atoms with Crippen molar-refractivity contribution >= 4 is 46.6 Å². The van der Waals surface area contributed by atoms with E-state index in [0.717, 1.165) is 134 Å². The van der Waals surface area contributed by atoms with Gasteiger partial charge in [0, 0.05) is 16.7 Å². The van der Waals surface area contributed by atoms with Gasteiger partial charge in [-0.25, -0.2) is 0 Å². The quantitative estimate of drug-likeness (QED) is 0.0986. The van der Waals surface area contributed by atoms with Crippen LogP contribution in [0.2, 0.25) is 0 Å². The van der Waals surface area contributed by atoms with E-state index in [1.54, 1.807) is 0 Å². The lowest BCUT2D eigenvalue weighted by Gasteiger charge is -2.41. The Morgan fingerprint density at radius 1 is 0.223 bits per heavy atom. The molecule has 1 aliphatic carbocycles. The Morgan fingerprint density at radius 2 is 0.511 bits per heavy atom. The normalized spacial score (nSPS) is 13.0. The van der Waals surface area contributed by atoms with Gasteiger partial charge in [-0.15, -0.1) is 0 Å². The van der Waals surface area contributed by atoms with E-state index in [0.29, 0.717) is 0 Å². The van der Waals surface area contributed by atoms with Crippen LogP contribution in [0.3, 0.4) is 0 Å². The van der Waals surface area contributed by atoms with Crippen molar-refractivity contribution in [1.29, 1.82) is 0 Å². The van der Waals surface area contributed by atoms with E-state index < -0.39 is 5.41 Å². The van der Waals surface area contributed by atoms with Gasteiger partial charge in [-0.3, -0.25) is 0 Å². The van der Waals surface area contributed by atoms with Crippen molar-refractivity contribution in [2.45, 2.75) is 5.41 Å². The number of ether oxygens (including phenoxy) is 1. The molecule has 0 fully saturated rings. The van der Waals surface area contributed by atoms with Gasteiger partial charge in [-0.1, -0.05) is 322 Å². The molecule has 1 spiro atoms. The first-order valence-corrected chi connectivity index (χ1v) is 32.4. The molecule has 0 aromatic heterocycles. The predicted molar refractivity (Wildman–Crippen MR) is 394 cm³/mol. The molecule has 94 heavy (non-hydrogen) atoms. The lowest BCUT2D eigenvalue weighted by atomic mass is 9.64. The van der Waals surface area contributed by atoms with Gasteiger partial charge < -0.3 is 4.74 Å². The molecule has 442 valence electrons. The van der Waals surface area contributed by atoms with Crippen LogP contribution in [0.15, 0.2) is 364 Å². The first-order chi connectivity index (χ1) is 46.6. The molecule has 0 saturated heterocycles. The highest BCUT2D eigenvalue weighted by Crippen LogP contribution is 2.66. The predicted octanol–water partition coefficient (Wildman–Crippen LogP) is 23.8. The van der Waals surface area contributed by atoms with Gasteiger partial charge in [0.05, 0.1) is 5.41 Å². The molecule has 1 nitrogen and oxygen atoms in total. The van der Waals surface area contributed by atoms with Crippen LogP contribution in [0, 0.1) is 0 Å². The van der Waals surface area contributed by atoms with E-state index in [1.807, 2.05) is 0 Å². The molecule has 0 bridgehead atoms. The third-order valence-corrected chi connectivity index (χ3v) is 18.5. The lowest BCUT2D eigenvalue weighted by molar-refractivity contribution is 0.438. The molecule has 14 aromatic rings. The summed E-state index contributed by atoms with van der Waals surface area (Å²) < 4.78 is 7.81. The third-order valence-electron chi connectivity index (χ3n) is 18.5. The Hall–Kier alpha value is -12.2. The highest BCUT2D eigenvalue weighted by atomic mass is 16.5. The van der Waals surface area contributed by atoms with Gasteiger partial charge in [0.2, 0.25) is 0 Å². The molecule has 0 radical (unpaired) electrons. The second-order valence-corrected chi connectivity index (χ2v) is 24.2. The van der Waals surface area contributed by atoms with Gasteiger partial charge in [0.25, 0.3) is 0 Å². The Balaban J connectivity index is 1.08. The topological polar surface area (TPSA) is 9.23 Å². The summed E-state index contributed by atoms with van der Waals surface area (Å²) >= 11 is 0. The first-order valence-electron chi connectivity index (χ1n) is 32.4. The summed E-state index contributed by atoms with van der Waals surface area (Å²) in [5, 5.41) is 0. The molecule has 1 heteroatoms. The summed E-state index contributed by atoms with van der Waals surface area (Å²) in [7, 11) is 0. The Morgan fingerprint density at radius 3 is 0.883 bits per heavy atom. The summed E-state index contributed by atoms with van der Waals surface area (Å²) in [6.07, 6.45) is 9.58. The third kappa shape index (κ3) is 10.9. The van der Waals surface area contributed by atoms with E-state index in [4.69, 9.17) is 4.74 Å². The van der Waals surface area contributed by atoms with Crippen molar-refractivity contribution in [2.24, 2.45) is 0 Å². The highest BCUT2D eigenvalue weighted by molar-refractivity contribution is 6.03. The average molecular weight is 1200 g/mol. The van der Waals surface area contributed by atoms with Crippen LogP contribution in [0.1, 0.15) is 89.0 Å². The van der Waals surface area contributed by atoms with Gasteiger partial charge in [-0.05, 0) is 195 Å². The number of hydrogen-bond acceptors (Lipinski definition) is 1. The fourth-order valence-corrected chi connectivity index (χ4v) is 14.3. The fraction of sp³-hybridized carbons (Fsp3) is 0.0108. The van der Waals surface area contributed by atoms with E-state index in [1.165, 1.54) is 22.3 Å². The first kappa shape index (κ1) is 57.0. The van der Waals surface area contributed by atoms with Crippen molar-refractivity contribution in [1.82, 2.24) is 0 Å². The van der Waals surface area contributed by atoms with Crippen LogP contribution in [-0.2, 0) is 5.41 Å². The molecule has 1 unspecified atom stereocenters. The van der Waals surface area contributed by atoms with E-state index in [2.05, 4.69) is 388 Å². The molecular weight excluding hydrogens is 1130 g/mol. The molecule has 16 rings (SSSR count). The summed E-state index contributed by atoms with van der Waals surface area (Å²) in [5.41, 5.74) is 28.0. The van der Waals surface area contributed by atoms with E-state index in [9.17, 15) is 0 Å². The largest absolute Gasteiger partial charge is 0.456 e. The van der Waals surface area contributed by atoms with E-state index in [-0.39, 0.29) is 0 Å². The maximum absolute atomic E-state index is 7.81. The number of benzene rings is 14. The summed E-state index contributed by atoms with van der Waals surface area (Å²) in [4.78, 5) is 0. The fourth-order valence-electron chi connectivity index (χ4n) is 14.3. The Labute approximate surface area is 551 Å². The van der Waals surface area contributed by atoms with Crippen LogP contribution in [-0.4, -0.2) is 0 Å². The van der Waals surface area contributed by atoms with Crippen LogP contribution < -0.4 is 4.74 Å². The van der Waals surface area contributed by atoms with Gasteiger partial charge in [0.1, 0.15) is 11.5 Å². The molecule has 1 atom stereocenters. The van der Waals surface area contributed by atoms with Gasteiger partial charge in [-0.2, -0.15) is 0 Å². The summed E-state index contributed by atoms with van der Waals surface area (Å²) in [6.45, 7) is 0. The zero-order chi connectivity index (χ0) is 62.6. The number of fused-ring (bicyclic) bond motifs is 9. The second kappa shape index (κ2) is 25.3. The van der Waals surface area contributed by atoms with Crippen molar-refractivity contribution < 1.29 is 4.74 Å². The number of hydrogen-bond donors (Lipinski definition) is 0. The van der Waals surface area contributed by atoms with Crippen LogP contribution in [0.4, 0.5) is 0 Å². The van der Waals surface area contributed by atoms with Crippen molar-refractivity contribution in [3.8, 4) is 44.9 Å². The van der Waals surface area contributed by atoms with Gasteiger partial charge in [0.15, 0.2) is 0 Å². The Bertz CT molecular complexity index is 5010. The smallest absolute Gasteiger partial charge is 0.140 e. The molecule has 0 N–H and O–H groups in total. The molecule has 1 aliphatic heterocycles. The molecule has 2 aliphatic rings. The molecule has 14 aromatic carbocycles. The maximum Gasteiger partial charge on any atom is 0.140 e. The van der Waals surface area contributed by atoms with Crippen molar-refractivity contribution in [3.63, 3.8) is 0 Å². The van der Waals surface area contributed by atoms with Crippen LogP contribution in [0.5, 0.6) is 11.5 Å². The second-order valence-electron chi connectivity index (χ2n) is 24.2. The average Bonchev–Trinajstić information content (AvgIpc) is 1.46. The van der Waals surface area contributed by atoms with Crippen molar-refractivity contribution in [3.05, 3.63) is 453 Å². The van der Waals surface area contributed by atoms with Crippen LogP contribution >= 0.6 is 0 Å². The van der Waals surface area contributed by atoms with Crippen molar-refractivity contribution in [2.75, 3.05) is 0 Å². The SMILES string of the molecule is C(=C(c1ccccc1)c1ccccc1)c1ccc2c(c1)C1(c3cc(C=C(c4ccccc4)c4ccccc4)ccc3-c3c(-c4ccccc4)cc(C=C(c4ccccc4)c4ccccc4)cc31)c1cc(C=C(c3ccccc3)c3ccccc3)cc(-c3ccccc3)c1O2. The van der Waals surface area contributed by atoms with Crippen LogP contribution in [0.25, 0.3) is 80.0 Å². The highest BCUT2D eigenvalue weighted by Gasteiger charge is 2.53. The van der Waals surface area contributed by atoms with E-state index >= 15 is 0 Å². The Kier molecular flexibility index (Phi) is 15.3. The van der Waals surface area contributed by atoms with Gasteiger partial charge >= 0.3 is 0 Å². The minimum Gasteiger partial charge on any atom is -0.456 e. The minimum atomic E-state index is -1.03. The zero-order valence-electron chi connectivity index (χ0n) is 51.9. The molecular formula is C93H64O. The standard InChI is InChI=1S/C93H64O/c1-11-31-69(32-12-1)80(70-33-13-2-14-34-70)55-65-51-53-79-86(61-65)93(88-63-67(59-84(91(79)88)77-47-27-9-28-48-77)57-82(73-39-19-5-20-40-73)74-41-21-6-22-42-74)87-62-66(56-81(71-35-15-3-16-36-71)72-37-17-4-18-38-72)52-54-90(87)94-92-85(78-49-29-10-30-50-78)60-68(64-89(92)93)58-83(75-43-23-7-24-44-75)76-45-25-8-26-46-76/h1-64H. The molecule has 0 saturated carbocycles. The monoisotopic (exact) mass is 1200 g/mol. The lowest BCUT2D eigenvalue weighted by Crippen LogP contribution is -2.33. The summed E-state index contributed by atoms with van der Waals surface area (Å²) in [5.74, 6) is 1.62.